The fourth-order valence-corrected chi connectivity index (χ4v) is 4.91. The molecule has 2 atom stereocenters. The van der Waals surface area contributed by atoms with Crippen molar-refractivity contribution >= 4 is 16.8 Å². The molecule has 0 aliphatic carbocycles. The molecule has 6 heteroatoms. The Morgan fingerprint density at radius 3 is 2.93 bits per heavy atom. The number of fused-ring (bicyclic) bond motifs is 2. The molecule has 0 saturated carbocycles. The van der Waals surface area contributed by atoms with Gasteiger partial charge in [-0.15, -0.1) is 0 Å². The van der Waals surface area contributed by atoms with E-state index in [0.717, 1.165) is 6.54 Å². The number of benzene rings is 1. The SMILES string of the molecule is CN(C[C@H]1CCCN2CCCC[C@@H]12)C(=O)CCc1nc2ccccc2c(=O)[nH]1. The molecule has 4 rings (SSSR count). The number of amides is 1. The summed E-state index contributed by atoms with van der Waals surface area (Å²) in [6, 6.07) is 7.95. The van der Waals surface area contributed by atoms with Gasteiger partial charge in [-0.05, 0) is 56.8 Å². The maximum atomic E-state index is 12.7. The largest absolute Gasteiger partial charge is 0.345 e. The fraction of sp³-hybridized carbons (Fsp3) is 0.591. The van der Waals surface area contributed by atoms with Crippen LogP contribution in [0, 0.1) is 5.92 Å². The van der Waals surface area contributed by atoms with Crippen LogP contribution in [0.25, 0.3) is 10.9 Å². The minimum absolute atomic E-state index is 0.128. The zero-order chi connectivity index (χ0) is 19.5. The van der Waals surface area contributed by atoms with Gasteiger partial charge in [-0.1, -0.05) is 18.6 Å². The molecular formula is C22H30N4O2. The number of hydrogen-bond acceptors (Lipinski definition) is 4. The molecule has 1 amide bonds. The van der Waals surface area contributed by atoms with Gasteiger partial charge in [-0.3, -0.25) is 9.59 Å². The van der Waals surface area contributed by atoms with Crippen molar-refractivity contribution in [2.24, 2.45) is 5.92 Å². The molecule has 1 N–H and O–H groups in total. The summed E-state index contributed by atoms with van der Waals surface area (Å²) in [5, 5.41) is 0.587. The van der Waals surface area contributed by atoms with Crippen LogP contribution in [-0.2, 0) is 11.2 Å². The maximum absolute atomic E-state index is 12.7. The fourth-order valence-electron chi connectivity index (χ4n) is 4.91. The summed E-state index contributed by atoms with van der Waals surface area (Å²) in [7, 11) is 1.92. The van der Waals surface area contributed by atoms with Gasteiger partial charge < -0.3 is 14.8 Å². The molecule has 2 aliphatic heterocycles. The number of carbonyl (C=O) groups excluding carboxylic acids is 1. The summed E-state index contributed by atoms with van der Waals surface area (Å²) in [5.41, 5.74) is 0.544. The molecule has 2 fully saturated rings. The van der Waals surface area contributed by atoms with Crippen molar-refractivity contribution in [3.63, 3.8) is 0 Å². The first kappa shape index (κ1) is 19.1. The third kappa shape index (κ3) is 4.12. The highest BCUT2D eigenvalue weighted by Gasteiger charge is 2.33. The molecule has 0 bridgehead atoms. The first-order chi connectivity index (χ1) is 13.6. The highest BCUT2D eigenvalue weighted by atomic mass is 16.2. The van der Waals surface area contributed by atoms with E-state index in [-0.39, 0.29) is 11.5 Å². The third-order valence-corrected chi connectivity index (χ3v) is 6.40. The van der Waals surface area contributed by atoms with Crippen molar-refractivity contribution in [2.45, 2.75) is 51.0 Å². The summed E-state index contributed by atoms with van der Waals surface area (Å²) < 4.78 is 0. The number of rotatable bonds is 5. The van der Waals surface area contributed by atoms with E-state index in [1.807, 2.05) is 30.1 Å². The van der Waals surface area contributed by atoms with Crippen LogP contribution in [0.3, 0.4) is 0 Å². The normalized spacial score (nSPS) is 22.8. The Hall–Kier alpha value is -2.21. The van der Waals surface area contributed by atoms with Crippen LogP contribution >= 0.6 is 0 Å². The molecule has 1 aromatic carbocycles. The van der Waals surface area contributed by atoms with Crippen LogP contribution in [0.15, 0.2) is 29.1 Å². The Kier molecular flexibility index (Phi) is 5.76. The van der Waals surface area contributed by atoms with Crippen LogP contribution in [0.2, 0.25) is 0 Å². The smallest absolute Gasteiger partial charge is 0.258 e. The number of nitrogens with zero attached hydrogens (tertiary/aromatic N) is 3. The van der Waals surface area contributed by atoms with Crippen molar-refractivity contribution in [3.05, 3.63) is 40.4 Å². The van der Waals surface area contributed by atoms with Crippen LogP contribution in [0.1, 0.15) is 44.3 Å². The number of piperidine rings is 2. The van der Waals surface area contributed by atoms with Gasteiger partial charge in [-0.2, -0.15) is 0 Å². The van der Waals surface area contributed by atoms with Gasteiger partial charge in [0, 0.05) is 32.5 Å². The Bertz CT molecular complexity index is 891. The number of aromatic nitrogens is 2. The number of aromatic amines is 1. The minimum atomic E-state index is -0.138. The second-order valence-corrected chi connectivity index (χ2v) is 8.31. The molecule has 0 spiro atoms. The lowest BCUT2D eigenvalue weighted by atomic mass is 9.83. The van der Waals surface area contributed by atoms with E-state index in [0.29, 0.717) is 41.5 Å². The number of aryl methyl sites for hydroxylation is 1. The summed E-state index contributed by atoms with van der Waals surface area (Å²) in [6.45, 7) is 3.28. The molecule has 28 heavy (non-hydrogen) atoms. The monoisotopic (exact) mass is 382 g/mol. The third-order valence-electron chi connectivity index (χ3n) is 6.40. The van der Waals surface area contributed by atoms with Gasteiger partial charge in [0.05, 0.1) is 10.9 Å². The van der Waals surface area contributed by atoms with E-state index >= 15 is 0 Å². The van der Waals surface area contributed by atoms with Crippen molar-refractivity contribution in [1.29, 1.82) is 0 Å². The number of hydrogen-bond donors (Lipinski definition) is 1. The van der Waals surface area contributed by atoms with Crippen molar-refractivity contribution in [3.8, 4) is 0 Å². The second kappa shape index (κ2) is 8.43. The average molecular weight is 383 g/mol. The number of carbonyl (C=O) groups is 1. The lowest BCUT2D eigenvalue weighted by Crippen LogP contribution is -2.51. The van der Waals surface area contributed by atoms with Gasteiger partial charge in [0.1, 0.15) is 5.82 Å². The number of para-hydroxylation sites is 1. The Labute approximate surface area is 165 Å². The topological polar surface area (TPSA) is 69.3 Å². The van der Waals surface area contributed by atoms with Crippen molar-refractivity contribution in [1.82, 2.24) is 19.8 Å². The van der Waals surface area contributed by atoms with E-state index < -0.39 is 0 Å². The van der Waals surface area contributed by atoms with Crippen LogP contribution in [0.4, 0.5) is 0 Å². The zero-order valence-electron chi connectivity index (χ0n) is 16.7. The van der Waals surface area contributed by atoms with E-state index in [4.69, 9.17) is 0 Å². The Morgan fingerprint density at radius 2 is 2.04 bits per heavy atom. The minimum Gasteiger partial charge on any atom is -0.345 e. The van der Waals surface area contributed by atoms with Crippen molar-refractivity contribution < 1.29 is 4.79 Å². The molecule has 3 heterocycles. The maximum Gasteiger partial charge on any atom is 0.258 e. The quantitative estimate of drug-likeness (QED) is 0.863. The van der Waals surface area contributed by atoms with E-state index in [2.05, 4.69) is 14.9 Å². The van der Waals surface area contributed by atoms with E-state index in [1.54, 1.807) is 6.07 Å². The average Bonchev–Trinajstić information content (AvgIpc) is 2.72. The zero-order valence-corrected chi connectivity index (χ0v) is 16.7. The van der Waals surface area contributed by atoms with Gasteiger partial charge in [0.25, 0.3) is 5.56 Å². The molecule has 0 unspecified atom stereocenters. The van der Waals surface area contributed by atoms with E-state index in [9.17, 15) is 9.59 Å². The molecule has 2 aliphatic rings. The number of H-pyrrole nitrogens is 1. The van der Waals surface area contributed by atoms with Crippen LogP contribution < -0.4 is 5.56 Å². The number of nitrogens with one attached hydrogen (secondary N) is 1. The van der Waals surface area contributed by atoms with Gasteiger partial charge in [0.2, 0.25) is 5.91 Å². The van der Waals surface area contributed by atoms with Crippen molar-refractivity contribution in [2.75, 3.05) is 26.7 Å². The highest BCUT2D eigenvalue weighted by molar-refractivity contribution is 5.78. The first-order valence-corrected chi connectivity index (χ1v) is 10.6. The lowest BCUT2D eigenvalue weighted by molar-refractivity contribution is -0.131. The molecule has 2 aromatic rings. The lowest BCUT2D eigenvalue weighted by Gasteiger charge is -2.45. The molecule has 0 radical (unpaired) electrons. The molecule has 150 valence electrons. The highest BCUT2D eigenvalue weighted by Crippen LogP contribution is 2.31. The van der Waals surface area contributed by atoms with Crippen LogP contribution in [-0.4, -0.2) is 58.4 Å². The predicted octanol–water partition coefficient (Wildman–Crippen LogP) is 2.58. The van der Waals surface area contributed by atoms with Gasteiger partial charge in [-0.25, -0.2) is 4.98 Å². The Morgan fingerprint density at radius 1 is 1.21 bits per heavy atom. The molecule has 6 nitrogen and oxygen atoms in total. The second-order valence-electron chi connectivity index (χ2n) is 8.31. The Balaban J connectivity index is 1.35. The summed E-state index contributed by atoms with van der Waals surface area (Å²) >= 11 is 0. The van der Waals surface area contributed by atoms with E-state index in [1.165, 1.54) is 45.2 Å². The summed E-state index contributed by atoms with van der Waals surface area (Å²) in [4.78, 5) is 36.7. The summed E-state index contributed by atoms with van der Waals surface area (Å²) in [5.74, 6) is 1.30. The van der Waals surface area contributed by atoms with Gasteiger partial charge in [0.15, 0.2) is 0 Å². The standard InChI is InChI=1S/C22H30N4O2/c1-25(15-16-7-6-14-26-13-5-4-10-19(16)26)21(27)12-11-20-23-18-9-3-2-8-17(18)22(28)24-20/h2-3,8-9,16,19H,4-7,10-15H2,1H3,(H,23,24,28)/t16-,19+/m1/s1. The molecule has 1 aromatic heterocycles. The predicted molar refractivity (Wildman–Crippen MR) is 110 cm³/mol. The molecular weight excluding hydrogens is 352 g/mol. The van der Waals surface area contributed by atoms with Crippen LogP contribution in [0.5, 0.6) is 0 Å². The van der Waals surface area contributed by atoms with Gasteiger partial charge >= 0.3 is 0 Å². The molecule has 2 saturated heterocycles. The summed E-state index contributed by atoms with van der Waals surface area (Å²) in [6.07, 6.45) is 7.20. The first-order valence-electron chi connectivity index (χ1n) is 10.6.